The molecule has 2 aromatic carbocycles. The van der Waals surface area contributed by atoms with Gasteiger partial charge in [0.15, 0.2) is 0 Å². The lowest BCUT2D eigenvalue weighted by Gasteiger charge is -2.29. The fraction of sp³-hybridized carbons (Fsp3) is 0.520. The fourth-order valence-corrected chi connectivity index (χ4v) is 7.76. The van der Waals surface area contributed by atoms with Crippen LogP contribution in [0.4, 0.5) is 0 Å². The molecular weight excluding hydrogens is 328 g/mol. The van der Waals surface area contributed by atoms with Crippen LogP contribution in [0.5, 0.6) is 0 Å². The van der Waals surface area contributed by atoms with Crippen LogP contribution in [0.2, 0.25) is 12.6 Å². The Bertz CT molecular complexity index is 536. The summed E-state index contributed by atoms with van der Waals surface area (Å²) >= 11 is 0. The summed E-state index contributed by atoms with van der Waals surface area (Å²) in [6.07, 6.45) is 14.2. The zero-order valence-electron chi connectivity index (χ0n) is 17.1. The topological polar surface area (TPSA) is 0 Å². The van der Waals surface area contributed by atoms with Crippen LogP contribution >= 0.6 is 0 Å². The second-order valence-corrected chi connectivity index (χ2v) is 12.3. The van der Waals surface area contributed by atoms with Gasteiger partial charge in [0.25, 0.3) is 0 Å². The first-order valence-corrected chi connectivity index (χ1v) is 13.6. The maximum atomic E-state index is 2.56. The number of unbranched alkanes of at least 4 members (excludes halogenated alkanes) is 9. The predicted octanol–water partition coefficient (Wildman–Crippen LogP) is 6.80. The van der Waals surface area contributed by atoms with Crippen LogP contribution < -0.4 is 10.4 Å². The van der Waals surface area contributed by atoms with Crippen molar-refractivity contribution in [3.8, 4) is 0 Å². The number of rotatable bonds is 13. The summed E-state index contributed by atoms with van der Waals surface area (Å²) in [5.41, 5.74) is 0. The van der Waals surface area contributed by atoms with Gasteiger partial charge in [-0.25, -0.2) is 0 Å². The van der Waals surface area contributed by atoms with Crippen molar-refractivity contribution >= 4 is 18.4 Å². The average molecular weight is 367 g/mol. The molecule has 2 rings (SSSR count). The van der Waals surface area contributed by atoms with Crippen molar-refractivity contribution < 1.29 is 0 Å². The van der Waals surface area contributed by atoms with E-state index >= 15 is 0 Å². The van der Waals surface area contributed by atoms with Crippen LogP contribution in [0.3, 0.4) is 0 Å². The van der Waals surface area contributed by atoms with Crippen molar-refractivity contribution in [1.29, 1.82) is 0 Å². The molecule has 0 saturated heterocycles. The van der Waals surface area contributed by atoms with Gasteiger partial charge in [-0.1, -0.05) is 149 Å². The standard InChI is InChI=1S/C25H38Si/c1-3-4-5-6-7-8-9-10-11-18-23-26(2,24-19-14-12-15-20-24)25-21-16-13-17-22-25/h12-17,19-22H,3-11,18,23H2,1-2H3. The average Bonchev–Trinajstić information content (AvgIpc) is 2.70. The summed E-state index contributed by atoms with van der Waals surface area (Å²) in [5, 5.41) is 3.17. The highest BCUT2D eigenvalue weighted by atomic mass is 28.3. The maximum Gasteiger partial charge on any atom is 0.115 e. The first kappa shape index (κ1) is 21.0. The minimum atomic E-state index is -1.59. The Balaban J connectivity index is 1.78. The molecule has 0 radical (unpaired) electrons. The molecule has 0 nitrogen and oxygen atoms in total. The Kier molecular flexibility index (Phi) is 9.77. The SMILES string of the molecule is CCCCCCCCCCCC[Si](C)(c1ccccc1)c1ccccc1. The van der Waals surface area contributed by atoms with E-state index in [1.54, 1.807) is 10.4 Å². The van der Waals surface area contributed by atoms with E-state index in [1.165, 1.54) is 70.3 Å². The molecule has 0 amide bonds. The number of hydrogen-bond acceptors (Lipinski definition) is 0. The third-order valence-corrected chi connectivity index (χ3v) is 10.4. The Morgan fingerprint density at radius 3 is 1.35 bits per heavy atom. The highest BCUT2D eigenvalue weighted by molar-refractivity contribution is 7.01. The van der Waals surface area contributed by atoms with E-state index in [1.807, 2.05) is 0 Å². The van der Waals surface area contributed by atoms with Crippen LogP contribution in [0.1, 0.15) is 71.1 Å². The molecule has 0 aliphatic heterocycles. The van der Waals surface area contributed by atoms with Gasteiger partial charge >= 0.3 is 0 Å². The Labute approximate surface area is 163 Å². The van der Waals surface area contributed by atoms with E-state index in [4.69, 9.17) is 0 Å². The molecule has 142 valence electrons. The lowest BCUT2D eigenvalue weighted by Crippen LogP contribution is -2.55. The maximum absolute atomic E-state index is 2.56. The monoisotopic (exact) mass is 366 g/mol. The highest BCUT2D eigenvalue weighted by Crippen LogP contribution is 2.18. The van der Waals surface area contributed by atoms with Crippen LogP contribution in [0.15, 0.2) is 60.7 Å². The van der Waals surface area contributed by atoms with E-state index in [9.17, 15) is 0 Å². The minimum absolute atomic E-state index is 1.35. The van der Waals surface area contributed by atoms with Gasteiger partial charge in [-0.2, -0.15) is 0 Å². The van der Waals surface area contributed by atoms with Gasteiger partial charge in [0.2, 0.25) is 0 Å². The Morgan fingerprint density at radius 2 is 0.923 bits per heavy atom. The zero-order valence-corrected chi connectivity index (χ0v) is 18.1. The van der Waals surface area contributed by atoms with Crippen molar-refractivity contribution in [1.82, 2.24) is 0 Å². The molecule has 1 heteroatoms. The quantitative estimate of drug-likeness (QED) is 0.270. The predicted molar refractivity (Wildman–Crippen MR) is 120 cm³/mol. The Hall–Kier alpha value is -1.34. The second-order valence-electron chi connectivity index (χ2n) is 8.00. The summed E-state index contributed by atoms with van der Waals surface area (Å²) in [6, 6.07) is 23.9. The third kappa shape index (κ3) is 6.76. The highest BCUT2D eigenvalue weighted by Gasteiger charge is 2.30. The summed E-state index contributed by atoms with van der Waals surface area (Å²) in [7, 11) is -1.59. The summed E-state index contributed by atoms with van der Waals surface area (Å²) in [6.45, 7) is 4.85. The summed E-state index contributed by atoms with van der Waals surface area (Å²) < 4.78 is 0. The van der Waals surface area contributed by atoms with Gasteiger partial charge < -0.3 is 0 Å². The smallest absolute Gasteiger partial charge is 0.0654 e. The van der Waals surface area contributed by atoms with E-state index in [0.717, 1.165) is 0 Å². The first-order valence-electron chi connectivity index (χ1n) is 10.9. The molecule has 0 unspecified atom stereocenters. The van der Waals surface area contributed by atoms with Gasteiger partial charge in [0.05, 0.1) is 0 Å². The van der Waals surface area contributed by atoms with E-state index in [-0.39, 0.29) is 0 Å². The van der Waals surface area contributed by atoms with Crippen molar-refractivity contribution in [2.45, 2.75) is 83.7 Å². The lowest BCUT2D eigenvalue weighted by molar-refractivity contribution is 0.562. The van der Waals surface area contributed by atoms with Crippen molar-refractivity contribution in [2.24, 2.45) is 0 Å². The second kappa shape index (κ2) is 12.1. The van der Waals surface area contributed by atoms with Crippen LogP contribution in [-0.4, -0.2) is 8.07 Å². The van der Waals surface area contributed by atoms with Gasteiger partial charge in [-0.3, -0.25) is 0 Å². The van der Waals surface area contributed by atoms with E-state index in [0.29, 0.717) is 0 Å². The minimum Gasteiger partial charge on any atom is -0.0654 e. The zero-order chi connectivity index (χ0) is 18.5. The Morgan fingerprint density at radius 1 is 0.538 bits per heavy atom. The van der Waals surface area contributed by atoms with Crippen LogP contribution in [0, 0.1) is 0 Å². The molecular formula is C25H38Si. The van der Waals surface area contributed by atoms with Gasteiger partial charge in [0, 0.05) is 0 Å². The lowest BCUT2D eigenvalue weighted by atomic mass is 10.1. The van der Waals surface area contributed by atoms with Crippen molar-refractivity contribution in [2.75, 3.05) is 0 Å². The molecule has 0 saturated carbocycles. The molecule has 0 bridgehead atoms. The molecule has 0 heterocycles. The third-order valence-electron chi connectivity index (χ3n) is 5.85. The van der Waals surface area contributed by atoms with Crippen LogP contribution in [0.25, 0.3) is 0 Å². The largest absolute Gasteiger partial charge is 0.115 e. The molecule has 26 heavy (non-hydrogen) atoms. The number of hydrogen-bond donors (Lipinski definition) is 0. The number of benzene rings is 2. The molecule has 0 aliphatic carbocycles. The van der Waals surface area contributed by atoms with E-state index < -0.39 is 8.07 Å². The normalized spacial score (nSPS) is 11.6. The summed E-state index contributed by atoms with van der Waals surface area (Å²) in [5.74, 6) is 0. The summed E-state index contributed by atoms with van der Waals surface area (Å²) in [4.78, 5) is 0. The molecule has 0 fully saturated rings. The molecule has 0 N–H and O–H groups in total. The van der Waals surface area contributed by atoms with Gasteiger partial charge in [-0.15, -0.1) is 0 Å². The van der Waals surface area contributed by atoms with Crippen LogP contribution in [-0.2, 0) is 0 Å². The van der Waals surface area contributed by atoms with E-state index in [2.05, 4.69) is 74.1 Å². The first-order chi connectivity index (χ1) is 12.8. The van der Waals surface area contributed by atoms with Crippen molar-refractivity contribution in [3.63, 3.8) is 0 Å². The molecule has 0 atom stereocenters. The molecule has 0 aliphatic rings. The molecule has 2 aromatic rings. The fourth-order valence-electron chi connectivity index (χ4n) is 4.03. The van der Waals surface area contributed by atoms with Gasteiger partial charge in [-0.05, 0) is 6.04 Å². The molecule has 0 spiro atoms. The van der Waals surface area contributed by atoms with Gasteiger partial charge in [0.1, 0.15) is 8.07 Å². The molecule has 0 aromatic heterocycles. The van der Waals surface area contributed by atoms with Crippen molar-refractivity contribution in [3.05, 3.63) is 60.7 Å².